The van der Waals surface area contributed by atoms with E-state index in [0.29, 0.717) is 0 Å². The average molecular weight is 448 g/mol. The molecule has 0 radical (unpaired) electrons. The van der Waals surface area contributed by atoms with Crippen molar-refractivity contribution in [1.82, 2.24) is 14.8 Å². The van der Waals surface area contributed by atoms with E-state index in [1.165, 1.54) is 11.1 Å². The van der Waals surface area contributed by atoms with E-state index in [1.807, 2.05) is 12.1 Å². The number of para-hydroxylation sites is 1. The molecule has 4 rings (SSSR count). The van der Waals surface area contributed by atoms with Gasteiger partial charge in [-0.15, -0.1) is 10.2 Å². The Morgan fingerprint density at radius 1 is 0.765 bits per heavy atom. The fourth-order valence-corrected chi connectivity index (χ4v) is 3.92. The van der Waals surface area contributed by atoms with Crippen molar-refractivity contribution in [3.8, 4) is 28.2 Å². The van der Waals surface area contributed by atoms with E-state index in [1.54, 1.807) is 0 Å². The molecule has 0 saturated carbocycles. The normalized spacial score (nSPS) is 12.4. The zero-order chi connectivity index (χ0) is 24.0. The average Bonchev–Trinajstić information content (AvgIpc) is 3.29. The van der Waals surface area contributed by atoms with Crippen molar-refractivity contribution in [2.45, 2.75) is 40.5 Å². The van der Waals surface area contributed by atoms with Gasteiger partial charge in [0.15, 0.2) is 11.6 Å². The van der Waals surface area contributed by atoms with Crippen LogP contribution in [0.4, 0.5) is 0 Å². The first-order chi connectivity index (χ1) is 16.5. The van der Waals surface area contributed by atoms with Crippen LogP contribution in [0.25, 0.3) is 33.8 Å². The van der Waals surface area contributed by atoms with E-state index in [2.05, 4.69) is 133 Å². The minimum Gasteiger partial charge on any atom is -0.275 e. The lowest BCUT2D eigenvalue weighted by Crippen LogP contribution is -2.03. The van der Waals surface area contributed by atoms with Crippen LogP contribution in [0.15, 0.2) is 103 Å². The molecule has 0 spiro atoms. The molecule has 0 aliphatic carbocycles. The summed E-state index contributed by atoms with van der Waals surface area (Å²) in [7, 11) is 0. The number of nitrogens with zero attached hydrogens (tertiary/aromatic N) is 3. The van der Waals surface area contributed by atoms with Gasteiger partial charge in [-0.3, -0.25) is 4.57 Å². The van der Waals surface area contributed by atoms with Crippen LogP contribution in [0.2, 0.25) is 0 Å². The second-order valence-corrected chi connectivity index (χ2v) is 9.70. The van der Waals surface area contributed by atoms with Gasteiger partial charge in [-0.2, -0.15) is 0 Å². The van der Waals surface area contributed by atoms with Crippen LogP contribution in [-0.4, -0.2) is 14.8 Å². The number of benzene rings is 3. The number of rotatable bonds is 7. The van der Waals surface area contributed by atoms with Gasteiger partial charge in [-0.05, 0) is 41.5 Å². The SMILES string of the molecule is CC/C=C(\C=C/CC(C)(C)C)c1nnc(-c2ccc(-c3ccccc3)cc2)n1-c1ccccc1. The Kier molecular flexibility index (Phi) is 7.22. The first-order valence-corrected chi connectivity index (χ1v) is 12.0. The second-order valence-electron chi connectivity index (χ2n) is 9.70. The number of allylic oxidation sites excluding steroid dienone is 4. The highest BCUT2D eigenvalue weighted by molar-refractivity contribution is 5.74. The summed E-state index contributed by atoms with van der Waals surface area (Å²) in [6.45, 7) is 8.92. The van der Waals surface area contributed by atoms with Gasteiger partial charge in [0.2, 0.25) is 0 Å². The van der Waals surface area contributed by atoms with Gasteiger partial charge in [0.25, 0.3) is 0 Å². The molecule has 0 bridgehead atoms. The van der Waals surface area contributed by atoms with E-state index < -0.39 is 0 Å². The van der Waals surface area contributed by atoms with E-state index in [-0.39, 0.29) is 5.41 Å². The van der Waals surface area contributed by atoms with Gasteiger partial charge < -0.3 is 0 Å². The highest BCUT2D eigenvalue weighted by Gasteiger charge is 2.18. The van der Waals surface area contributed by atoms with Crippen LogP contribution < -0.4 is 0 Å². The zero-order valence-electron chi connectivity index (χ0n) is 20.6. The summed E-state index contributed by atoms with van der Waals surface area (Å²) in [6, 6.07) is 29.4. The van der Waals surface area contributed by atoms with E-state index in [0.717, 1.165) is 41.3 Å². The first kappa shape index (κ1) is 23.4. The quantitative estimate of drug-likeness (QED) is 0.266. The topological polar surface area (TPSA) is 30.7 Å². The first-order valence-electron chi connectivity index (χ1n) is 12.0. The van der Waals surface area contributed by atoms with Gasteiger partial charge in [-0.1, -0.05) is 119 Å². The standard InChI is InChI=1S/C31H33N3/c1-5-13-26(16-12-23-31(2,3)4)29-32-33-30(34(29)28-17-10-7-11-18-28)27-21-19-25(20-22-27)24-14-8-6-9-15-24/h6-22H,5,23H2,1-4H3/b16-12-,26-13+. The maximum atomic E-state index is 4.68. The third-order valence-corrected chi connectivity index (χ3v) is 5.64. The summed E-state index contributed by atoms with van der Waals surface area (Å²) in [5.74, 6) is 1.70. The minimum absolute atomic E-state index is 0.243. The Morgan fingerprint density at radius 3 is 1.97 bits per heavy atom. The van der Waals surface area contributed by atoms with Gasteiger partial charge in [0, 0.05) is 16.8 Å². The summed E-state index contributed by atoms with van der Waals surface area (Å²) >= 11 is 0. The highest BCUT2D eigenvalue weighted by Crippen LogP contribution is 2.29. The van der Waals surface area contributed by atoms with Crippen molar-refractivity contribution in [3.05, 3.63) is 109 Å². The second kappa shape index (κ2) is 10.5. The molecule has 0 atom stereocenters. The smallest absolute Gasteiger partial charge is 0.168 e. The fraction of sp³-hybridized carbons (Fsp3) is 0.226. The molecule has 3 aromatic carbocycles. The highest BCUT2D eigenvalue weighted by atomic mass is 15.3. The molecule has 0 fully saturated rings. The molecule has 0 amide bonds. The van der Waals surface area contributed by atoms with Crippen molar-refractivity contribution in [2.24, 2.45) is 5.41 Å². The van der Waals surface area contributed by atoms with Crippen LogP contribution in [0.1, 0.15) is 46.4 Å². The summed E-state index contributed by atoms with van der Waals surface area (Å²) in [5, 5.41) is 9.34. The lowest BCUT2D eigenvalue weighted by molar-refractivity contribution is 0.420. The Labute approximate surface area is 203 Å². The predicted octanol–water partition coefficient (Wildman–Crippen LogP) is 8.39. The van der Waals surface area contributed by atoms with Gasteiger partial charge in [0.1, 0.15) is 0 Å². The Balaban J connectivity index is 1.78. The molecule has 34 heavy (non-hydrogen) atoms. The van der Waals surface area contributed by atoms with E-state index in [4.69, 9.17) is 0 Å². The Bertz CT molecular complexity index is 1260. The molecule has 0 N–H and O–H groups in total. The molecule has 1 aromatic heterocycles. The summed E-state index contributed by atoms with van der Waals surface area (Å²) < 4.78 is 2.17. The molecule has 3 nitrogen and oxygen atoms in total. The molecule has 0 aliphatic rings. The predicted molar refractivity (Wildman–Crippen MR) is 144 cm³/mol. The molecule has 3 heteroatoms. The van der Waals surface area contributed by atoms with Crippen molar-refractivity contribution >= 4 is 5.57 Å². The summed E-state index contributed by atoms with van der Waals surface area (Å²) in [6.07, 6.45) is 8.60. The van der Waals surface area contributed by atoms with Crippen LogP contribution in [-0.2, 0) is 0 Å². The largest absolute Gasteiger partial charge is 0.275 e. The number of hydrogen-bond acceptors (Lipinski definition) is 2. The lowest BCUT2D eigenvalue weighted by atomic mass is 9.92. The van der Waals surface area contributed by atoms with Crippen molar-refractivity contribution in [3.63, 3.8) is 0 Å². The Morgan fingerprint density at radius 2 is 1.35 bits per heavy atom. The van der Waals surface area contributed by atoms with Crippen LogP contribution in [0.5, 0.6) is 0 Å². The number of hydrogen-bond donors (Lipinski definition) is 0. The van der Waals surface area contributed by atoms with Crippen molar-refractivity contribution in [1.29, 1.82) is 0 Å². The summed E-state index contributed by atoms with van der Waals surface area (Å²) in [4.78, 5) is 0. The van der Waals surface area contributed by atoms with Crippen molar-refractivity contribution in [2.75, 3.05) is 0 Å². The molecule has 0 aliphatic heterocycles. The molecule has 0 saturated heterocycles. The maximum absolute atomic E-state index is 4.68. The van der Waals surface area contributed by atoms with Crippen LogP contribution >= 0.6 is 0 Å². The lowest BCUT2D eigenvalue weighted by Gasteiger charge is -2.15. The molecule has 172 valence electrons. The molecule has 4 aromatic rings. The van der Waals surface area contributed by atoms with Gasteiger partial charge in [-0.25, -0.2) is 0 Å². The van der Waals surface area contributed by atoms with Crippen molar-refractivity contribution < 1.29 is 0 Å². The van der Waals surface area contributed by atoms with Crippen LogP contribution in [0, 0.1) is 5.41 Å². The maximum Gasteiger partial charge on any atom is 0.168 e. The Hall–Kier alpha value is -3.72. The molecule has 0 unspecified atom stereocenters. The third-order valence-electron chi connectivity index (χ3n) is 5.64. The zero-order valence-corrected chi connectivity index (χ0v) is 20.6. The summed E-state index contributed by atoms with van der Waals surface area (Å²) in [5.41, 5.74) is 5.82. The monoisotopic (exact) mass is 447 g/mol. The third kappa shape index (κ3) is 5.60. The molecular formula is C31H33N3. The fourth-order valence-electron chi connectivity index (χ4n) is 3.92. The van der Waals surface area contributed by atoms with Gasteiger partial charge >= 0.3 is 0 Å². The van der Waals surface area contributed by atoms with Crippen LogP contribution in [0.3, 0.4) is 0 Å². The minimum atomic E-state index is 0.243. The molecular weight excluding hydrogens is 414 g/mol. The van der Waals surface area contributed by atoms with E-state index in [9.17, 15) is 0 Å². The van der Waals surface area contributed by atoms with Gasteiger partial charge in [0.05, 0.1) is 0 Å². The molecule has 1 heterocycles. The number of aromatic nitrogens is 3. The van der Waals surface area contributed by atoms with E-state index >= 15 is 0 Å².